The molecule has 0 unspecified atom stereocenters. The maximum absolute atomic E-state index is 13.4. The van der Waals surface area contributed by atoms with E-state index in [1.54, 1.807) is 24.3 Å². The van der Waals surface area contributed by atoms with E-state index in [0.717, 1.165) is 35.2 Å². The third-order valence-corrected chi connectivity index (χ3v) is 12.0. The first-order chi connectivity index (χ1) is 35.1. The van der Waals surface area contributed by atoms with Gasteiger partial charge in [-0.3, -0.25) is 33.7 Å². The number of imide groups is 1. The summed E-state index contributed by atoms with van der Waals surface area (Å²) in [4.78, 5) is 110. The fraction of sp³-hybridized carbons (Fsp3) is 0.480. The molecule has 2 atom stereocenters. The van der Waals surface area contributed by atoms with E-state index in [1.807, 2.05) is 49.6 Å². The number of fused-ring (bicyclic) bond motifs is 3. The van der Waals surface area contributed by atoms with Crippen LogP contribution in [-0.2, 0) is 62.7 Å². The van der Waals surface area contributed by atoms with E-state index in [1.165, 1.54) is 12.2 Å². The van der Waals surface area contributed by atoms with E-state index in [-0.39, 0.29) is 88.5 Å². The van der Waals surface area contributed by atoms with Crippen molar-refractivity contribution in [3.05, 3.63) is 72.1 Å². The van der Waals surface area contributed by atoms with Crippen LogP contribution in [0.2, 0.25) is 0 Å². The SMILES string of the molecule is CCOCc1nc2c(NC(=O)[C@@H]3CCCN3)nc3ccccc3c2n1CC(C)(C)OCCNC(=O)OCc1ccc(NC(=O)[C@H](CCCNC(N)=O)NC(=O)CNC(=O)CCCCCN2C(=O)C=CC2=O)cc1. The van der Waals surface area contributed by atoms with Gasteiger partial charge < -0.3 is 61.7 Å². The van der Waals surface area contributed by atoms with Gasteiger partial charge in [0.1, 0.15) is 30.6 Å². The van der Waals surface area contributed by atoms with E-state index in [2.05, 4.69) is 37.2 Å². The highest BCUT2D eigenvalue weighted by Crippen LogP contribution is 2.32. The summed E-state index contributed by atoms with van der Waals surface area (Å²) in [5.41, 5.74) is 7.48. The van der Waals surface area contributed by atoms with Gasteiger partial charge >= 0.3 is 12.1 Å². The zero-order valence-corrected chi connectivity index (χ0v) is 41.5. The Bertz CT molecular complexity index is 2630. The molecule has 0 aliphatic carbocycles. The van der Waals surface area contributed by atoms with E-state index in [0.29, 0.717) is 72.8 Å². The monoisotopic (exact) mass is 1010 g/mol. The van der Waals surface area contributed by atoms with E-state index in [4.69, 9.17) is 29.9 Å². The molecule has 1 saturated heterocycles. The molecule has 2 aromatic carbocycles. The topological polar surface area (TPSA) is 308 Å². The van der Waals surface area contributed by atoms with Gasteiger partial charge in [-0.2, -0.15) is 0 Å². The van der Waals surface area contributed by atoms with E-state index >= 15 is 0 Å². The molecule has 0 radical (unpaired) electrons. The number of urea groups is 1. The van der Waals surface area contributed by atoms with Crippen LogP contribution in [0.15, 0.2) is 60.7 Å². The summed E-state index contributed by atoms with van der Waals surface area (Å²) in [6, 6.07) is 12.2. The molecule has 0 bridgehead atoms. The molecular formula is C50H66N12O11. The third-order valence-electron chi connectivity index (χ3n) is 12.0. The summed E-state index contributed by atoms with van der Waals surface area (Å²) in [7, 11) is 0. The number of ether oxygens (including phenoxy) is 3. The molecule has 0 saturated carbocycles. The summed E-state index contributed by atoms with van der Waals surface area (Å²) >= 11 is 0. The van der Waals surface area contributed by atoms with E-state index in [9.17, 15) is 38.4 Å². The summed E-state index contributed by atoms with van der Waals surface area (Å²) in [6.07, 6.45) is 5.61. The number of nitrogens with zero attached hydrogens (tertiary/aromatic N) is 4. The molecule has 4 heterocycles. The van der Waals surface area contributed by atoms with Gasteiger partial charge in [-0.15, -0.1) is 0 Å². The molecule has 1 fully saturated rings. The Kier molecular flexibility index (Phi) is 20.1. The summed E-state index contributed by atoms with van der Waals surface area (Å²) < 4.78 is 19.6. The number of anilines is 2. The molecule has 73 heavy (non-hydrogen) atoms. The third kappa shape index (κ3) is 16.5. The number of hydrogen-bond acceptors (Lipinski definition) is 14. The minimum atomic E-state index is -1.03. The maximum Gasteiger partial charge on any atom is 0.407 e. The number of amides is 9. The molecule has 2 aliphatic heterocycles. The normalized spacial score (nSPS) is 14.8. The number of imidazole rings is 1. The van der Waals surface area contributed by atoms with Crippen LogP contribution in [-0.4, -0.2) is 131 Å². The minimum Gasteiger partial charge on any atom is -0.445 e. The van der Waals surface area contributed by atoms with Crippen molar-refractivity contribution in [1.29, 1.82) is 0 Å². The molecular weight excluding hydrogens is 945 g/mol. The second-order valence-electron chi connectivity index (χ2n) is 18.2. The Balaban J connectivity index is 0.946. The number of carbonyl (C=O) groups excluding carboxylic acids is 8. The van der Waals surface area contributed by atoms with Gasteiger partial charge in [0.15, 0.2) is 5.82 Å². The van der Waals surface area contributed by atoms with Crippen molar-refractivity contribution < 1.29 is 52.6 Å². The molecule has 4 aromatic rings. The summed E-state index contributed by atoms with van der Waals surface area (Å²) in [5.74, 6) is -1.38. The lowest BCUT2D eigenvalue weighted by Gasteiger charge is -2.27. The lowest BCUT2D eigenvalue weighted by Crippen LogP contribution is -2.47. The lowest BCUT2D eigenvalue weighted by atomic mass is 10.1. The van der Waals surface area contributed by atoms with Crippen molar-refractivity contribution in [3.8, 4) is 0 Å². The predicted octanol–water partition coefficient (Wildman–Crippen LogP) is 3.01. The smallest absolute Gasteiger partial charge is 0.407 e. The standard InChI is InChI=1S/C50H66N12O11/c1-4-71-30-38-59-43-44(34-12-7-8-13-35(34)58-45(43)60-46(67)36-14-10-23-52-36)62(38)31-50(2,3)73-27-25-54-49(70)72-29-32-17-19-33(20-18-32)56-47(68)37(15-11-24-53-48(51)69)57-40(64)28-55-39(63)16-6-5-9-26-61-41(65)21-22-42(61)66/h7-8,12-13,17-22,36-37,52H,4-6,9-11,14-16,23-31H2,1-3H3,(H,54,70)(H,55,63)(H,56,68)(H,57,64)(H3,51,53,69)(H,58,60,67)/t36-,37-/m0/s1. The number of para-hydroxylation sites is 1. The molecule has 6 rings (SSSR count). The number of carbonyl (C=O) groups is 8. The average molecular weight is 1010 g/mol. The molecule has 23 heteroatoms. The quantitative estimate of drug-likeness (QED) is 0.0300. The Morgan fingerprint density at radius 1 is 0.877 bits per heavy atom. The number of primary amides is 1. The maximum atomic E-state index is 13.4. The first-order valence-electron chi connectivity index (χ1n) is 24.6. The Hall–Kier alpha value is -7.50. The predicted molar refractivity (Wildman–Crippen MR) is 269 cm³/mol. The molecule has 392 valence electrons. The minimum absolute atomic E-state index is 0.0687. The molecule has 9 N–H and O–H groups in total. The van der Waals surface area contributed by atoms with Crippen molar-refractivity contribution in [2.45, 2.75) is 110 Å². The second-order valence-corrected chi connectivity index (χ2v) is 18.2. The van der Waals surface area contributed by atoms with Crippen LogP contribution in [0.25, 0.3) is 21.9 Å². The average Bonchev–Trinajstić information content (AvgIpc) is 4.12. The van der Waals surface area contributed by atoms with Crippen LogP contribution < -0.4 is 43.0 Å². The van der Waals surface area contributed by atoms with Crippen LogP contribution in [0, 0.1) is 0 Å². The molecule has 23 nitrogen and oxygen atoms in total. The van der Waals surface area contributed by atoms with Gasteiger partial charge in [-0.25, -0.2) is 19.6 Å². The fourth-order valence-electron chi connectivity index (χ4n) is 8.26. The molecule has 9 amide bonds. The lowest BCUT2D eigenvalue weighted by molar-refractivity contribution is -0.137. The zero-order chi connectivity index (χ0) is 52.3. The first kappa shape index (κ1) is 54.8. The van der Waals surface area contributed by atoms with Crippen molar-refractivity contribution in [3.63, 3.8) is 0 Å². The number of pyridine rings is 1. The number of nitrogens with one attached hydrogen (secondary N) is 7. The number of alkyl carbamates (subject to hydrolysis) is 1. The summed E-state index contributed by atoms with van der Waals surface area (Å²) in [5, 5.41) is 20.2. The number of hydrogen-bond donors (Lipinski definition) is 8. The molecule has 2 aromatic heterocycles. The number of benzene rings is 2. The van der Waals surface area contributed by atoms with Crippen molar-refractivity contribution in [1.82, 2.24) is 46.0 Å². The van der Waals surface area contributed by atoms with E-state index < -0.39 is 35.6 Å². The van der Waals surface area contributed by atoms with Crippen LogP contribution in [0.5, 0.6) is 0 Å². The van der Waals surface area contributed by atoms with Crippen molar-refractivity contribution in [2.24, 2.45) is 5.73 Å². The van der Waals surface area contributed by atoms with Gasteiger partial charge in [0.2, 0.25) is 23.6 Å². The number of nitrogens with two attached hydrogens (primary N) is 1. The largest absolute Gasteiger partial charge is 0.445 e. The fourth-order valence-corrected chi connectivity index (χ4v) is 8.26. The Labute approximate surface area is 422 Å². The highest BCUT2D eigenvalue weighted by molar-refractivity contribution is 6.13. The number of rotatable bonds is 28. The Morgan fingerprint density at radius 3 is 2.37 bits per heavy atom. The van der Waals surface area contributed by atoms with Crippen LogP contribution in [0.3, 0.4) is 0 Å². The molecule has 2 aliphatic rings. The van der Waals surface area contributed by atoms with Crippen molar-refractivity contribution in [2.75, 3.05) is 56.6 Å². The highest BCUT2D eigenvalue weighted by Gasteiger charge is 2.29. The first-order valence-corrected chi connectivity index (χ1v) is 24.6. The van der Waals surface area contributed by atoms with Gasteiger partial charge in [0, 0.05) is 55.9 Å². The number of unbranched alkanes of at least 4 members (excludes halogenated alkanes) is 2. The highest BCUT2D eigenvalue weighted by atomic mass is 16.5. The van der Waals surface area contributed by atoms with Crippen molar-refractivity contribution >= 4 is 81.0 Å². The van der Waals surface area contributed by atoms with Gasteiger partial charge in [-0.1, -0.05) is 36.8 Å². The zero-order valence-electron chi connectivity index (χ0n) is 41.5. The Morgan fingerprint density at radius 2 is 1.64 bits per heavy atom. The van der Waals surface area contributed by atoms with Gasteiger partial charge in [0.25, 0.3) is 11.8 Å². The van der Waals surface area contributed by atoms with Crippen LogP contribution in [0.1, 0.15) is 83.5 Å². The summed E-state index contributed by atoms with van der Waals surface area (Å²) in [6.45, 7) is 7.91. The van der Waals surface area contributed by atoms with Crippen LogP contribution >= 0.6 is 0 Å². The van der Waals surface area contributed by atoms with Gasteiger partial charge in [0.05, 0.1) is 42.4 Å². The molecule has 0 spiro atoms. The van der Waals surface area contributed by atoms with Gasteiger partial charge in [-0.05, 0) is 89.6 Å². The number of aromatic nitrogens is 3. The van der Waals surface area contributed by atoms with Crippen LogP contribution in [0.4, 0.5) is 21.1 Å². The second kappa shape index (κ2) is 26.8.